The maximum absolute atomic E-state index is 12.5. The maximum atomic E-state index is 12.5. The zero-order valence-electron chi connectivity index (χ0n) is 16.3. The Morgan fingerprint density at radius 1 is 1.00 bits per heavy atom. The molecule has 1 unspecified atom stereocenters. The van der Waals surface area contributed by atoms with Crippen LogP contribution in [0.3, 0.4) is 0 Å². The lowest BCUT2D eigenvalue weighted by molar-refractivity contribution is 0.0685. The molecule has 0 saturated carbocycles. The van der Waals surface area contributed by atoms with Gasteiger partial charge in [0.2, 0.25) is 0 Å². The average Bonchev–Trinajstić information content (AvgIpc) is 3.28. The standard InChI is InChI=1S/C22H33N3O2/c26-22(19-4-2-1-3-5-19)25-11-6-18(7-12-25)16-23-20-8-13-24(14-9-20)21-10-15-27-17-21/h1-5,18,20-21,23H,6-17H2. The van der Waals surface area contributed by atoms with E-state index in [1.54, 1.807) is 0 Å². The van der Waals surface area contributed by atoms with Crippen molar-refractivity contribution in [1.29, 1.82) is 0 Å². The fourth-order valence-electron chi connectivity index (χ4n) is 4.72. The van der Waals surface area contributed by atoms with Crippen molar-refractivity contribution in [1.82, 2.24) is 15.1 Å². The van der Waals surface area contributed by atoms with Crippen LogP contribution in [0.1, 0.15) is 42.5 Å². The normalized spacial score (nSPS) is 25.8. The van der Waals surface area contributed by atoms with Crippen LogP contribution in [0.5, 0.6) is 0 Å². The molecule has 3 heterocycles. The van der Waals surface area contributed by atoms with Gasteiger partial charge in [0.1, 0.15) is 0 Å². The van der Waals surface area contributed by atoms with E-state index in [0.29, 0.717) is 18.0 Å². The Hall–Kier alpha value is -1.43. The molecule has 0 radical (unpaired) electrons. The smallest absolute Gasteiger partial charge is 0.253 e. The molecule has 3 fully saturated rings. The van der Waals surface area contributed by atoms with Gasteiger partial charge in [-0.15, -0.1) is 0 Å². The number of amides is 1. The molecule has 27 heavy (non-hydrogen) atoms. The molecule has 0 bridgehead atoms. The van der Waals surface area contributed by atoms with Gasteiger partial charge in [-0.25, -0.2) is 0 Å². The van der Waals surface area contributed by atoms with Gasteiger partial charge in [0.05, 0.1) is 6.61 Å². The van der Waals surface area contributed by atoms with Gasteiger partial charge < -0.3 is 15.0 Å². The van der Waals surface area contributed by atoms with Crippen molar-refractivity contribution >= 4 is 5.91 Å². The third-order valence-corrected chi connectivity index (χ3v) is 6.57. The number of hydrogen-bond donors (Lipinski definition) is 1. The quantitative estimate of drug-likeness (QED) is 0.863. The summed E-state index contributed by atoms with van der Waals surface area (Å²) in [6.07, 6.45) is 5.94. The minimum Gasteiger partial charge on any atom is -0.380 e. The Labute approximate surface area is 163 Å². The molecule has 0 aliphatic carbocycles. The van der Waals surface area contributed by atoms with Crippen molar-refractivity contribution in [2.24, 2.45) is 5.92 Å². The predicted octanol–water partition coefficient (Wildman–Crippen LogP) is 2.38. The first kappa shape index (κ1) is 18.9. The largest absolute Gasteiger partial charge is 0.380 e. The van der Waals surface area contributed by atoms with E-state index in [2.05, 4.69) is 10.2 Å². The summed E-state index contributed by atoms with van der Waals surface area (Å²) in [4.78, 5) is 17.2. The fourth-order valence-corrected chi connectivity index (χ4v) is 4.72. The SMILES string of the molecule is O=C(c1ccccc1)N1CCC(CNC2CCN(C3CCOC3)CC2)CC1. The van der Waals surface area contributed by atoms with Crippen molar-refractivity contribution in [2.45, 2.75) is 44.2 Å². The molecule has 148 valence electrons. The van der Waals surface area contributed by atoms with Crippen LogP contribution >= 0.6 is 0 Å². The zero-order valence-corrected chi connectivity index (χ0v) is 16.3. The van der Waals surface area contributed by atoms with Crippen LogP contribution in [0, 0.1) is 5.92 Å². The molecular weight excluding hydrogens is 338 g/mol. The van der Waals surface area contributed by atoms with Gasteiger partial charge in [-0.05, 0) is 56.7 Å². The van der Waals surface area contributed by atoms with Crippen LogP contribution in [0.4, 0.5) is 0 Å². The van der Waals surface area contributed by atoms with E-state index in [-0.39, 0.29) is 5.91 Å². The molecule has 3 saturated heterocycles. The number of likely N-dealkylation sites (tertiary alicyclic amines) is 2. The highest BCUT2D eigenvalue weighted by Crippen LogP contribution is 2.21. The monoisotopic (exact) mass is 371 g/mol. The number of benzene rings is 1. The average molecular weight is 372 g/mol. The summed E-state index contributed by atoms with van der Waals surface area (Å²) < 4.78 is 5.53. The minimum atomic E-state index is 0.185. The summed E-state index contributed by atoms with van der Waals surface area (Å²) in [5, 5.41) is 3.82. The predicted molar refractivity (Wildman–Crippen MR) is 107 cm³/mol. The first-order valence-electron chi connectivity index (χ1n) is 10.7. The second-order valence-corrected chi connectivity index (χ2v) is 8.34. The van der Waals surface area contributed by atoms with Gasteiger partial charge in [-0.3, -0.25) is 9.69 Å². The summed E-state index contributed by atoms with van der Waals surface area (Å²) in [6.45, 7) is 7.16. The first-order chi connectivity index (χ1) is 13.3. The zero-order chi connectivity index (χ0) is 18.5. The molecular formula is C22H33N3O2. The van der Waals surface area contributed by atoms with Crippen LogP contribution in [0.15, 0.2) is 30.3 Å². The third-order valence-electron chi connectivity index (χ3n) is 6.57. The van der Waals surface area contributed by atoms with E-state index in [0.717, 1.165) is 51.3 Å². The molecule has 1 aromatic carbocycles. The summed E-state index contributed by atoms with van der Waals surface area (Å²) >= 11 is 0. The number of rotatable bonds is 5. The highest BCUT2D eigenvalue weighted by Gasteiger charge is 2.28. The summed E-state index contributed by atoms with van der Waals surface area (Å²) in [7, 11) is 0. The third kappa shape index (κ3) is 4.89. The molecule has 5 nitrogen and oxygen atoms in total. The summed E-state index contributed by atoms with van der Waals surface area (Å²) in [5.41, 5.74) is 0.813. The van der Waals surface area contributed by atoms with Gasteiger partial charge in [-0.1, -0.05) is 18.2 Å². The van der Waals surface area contributed by atoms with Gasteiger partial charge in [0.15, 0.2) is 0 Å². The van der Waals surface area contributed by atoms with Crippen LogP contribution in [0.25, 0.3) is 0 Å². The molecule has 4 rings (SSSR count). The lowest BCUT2D eigenvalue weighted by Crippen LogP contribution is -2.48. The second-order valence-electron chi connectivity index (χ2n) is 8.34. The molecule has 0 aromatic heterocycles. The minimum absolute atomic E-state index is 0.185. The lowest BCUT2D eigenvalue weighted by atomic mass is 9.95. The van der Waals surface area contributed by atoms with Crippen LogP contribution in [-0.2, 0) is 4.74 Å². The Morgan fingerprint density at radius 2 is 1.74 bits per heavy atom. The van der Waals surface area contributed by atoms with Gasteiger partial charge in [0, 0.05) is 50.4 Å². The topological polar surface area (TPSA) is 44.8 Å². The number of hydrogen-bond acceptors (Lipinski definition) is 4. The highest BCUT2D eigenvalue weighted by atomic mass is 16.5. The number of ether oxygens (including phenoxy) is 1. The van der Waals surface area contributed by atoms with Crippen molar-refractivity contribution in [3.05, 3.63) is 35.9 Å². The summed E-state index contributed by atoms with van der Waals surface area (Å²) in [5.74, 6) is 0.886. The fraction of sp³-hybridized carbons (Fsp3) is 0.682. The van der Waals surface area contributed by atoms with E-state index in [4.69, 9.17) is 4.74 Å². The molecule has 0 spiro atoms. The Bertz CT molecular complexity index is 587. The molecule has 3 aliphatic rings. The van der Waals surface area contributed by atoms with Crippen molar-refractivity contribution in [2.75, 3.05) is 45.9 Å². The number of nitrogens with zero attached hydrogens (tertiary/aromatic N) is 2. The van der Waals surface area contributed by atoms with Crippen molar-refractivity contribution in [3.63, 3.8) is 0 Å². The number of piperidine rings is 2. The molecule has 1 aromatic rings. The Morgan fingerprint density at radius 3 is 2.41 bits per heavy atom. The maximum Gasteiger partial charge on any atom is 0.253 e. The number of carbonyl (C=O) groups excluding carboxylic acids is 1. The van der Waals surface area contributed by atoms with E-state index in [1.165, 1.54) is 32.4 Å². The van der Waals surface area contributed by atoms with Gasteiger partial charge >= 0.3 is 0 Å². The van der Waals surface area contributed by atoms with Crippen LogP contribution < -0.4 is 5.32 Å². The molecule has 1 amide bonds. The van der Waals surface area contributed by atoms with E-state index in [1.807, 2.05) is 35.2 Å². The first-order valence-corrected chi connectivity index (χ1v) is 10.7. The number of nitrogens with one attached hydrogen (secondary N) is 1. The number of carbonyl (C=O) groups is 1. The van der Waals surface area contributed by atoms with Crippen LogP contribution in [-0.4, -0.2) is 73.7 Å². The van der Waals surface area contributed by atoms with Gasteiger partial charge in [0.25, 0.3) is 5.91 Å². The van der Waals surface area contributed by atoms with E-state index in [9.17, 15) is 4.79 Å². The molecule has 1 N–H and O–H groups in total. The highest BCUT2D eigenvalue weighted by molar-refractivity contribution is 5.94. The molecule has 3 aliphatic heterocycles. The van der Waals surface area contributed by atoms with Crippen LogP contribution in [0.2, 0.25) is 0 Å². The molecule has 1 atom stereocenters. The lowest BCUT2D eigenvalue weighted by Gasteiger charge is -2.37. The Kier molecular flexibility index (Phi) is 6.43. The molecule has 5 heteroatoms. The summed E-state index contributed by atoms with van der Waals surface area (Å²) in [6, 6.07) is 11.0. The van der Waals surface area contributed by atoms with Gasteiger partial charge in [-0.2, -0.15) is 0 Å². The van der Waals surface area contributed by atoms with E-state index < -0.39 is 0 Å². The van der Waals surface area contributed by atoms with Crippen molar-refractivity contribution in [3.8, 4) is 0 Å². The van der Waals surface area contributed by atoms with E-state index >= 15 is 0 Å². The Balaban J connectivity index is 1.14. The second kappa shape index (κ2) is 9.18. The van der Waals surface area contributed by atoms with Crippen molar-refractivity contribution < 1.29 is 9.53 Å².